The maximum atomic E-state index is 13.0. The standard InChI is InChI=1S/C26H32N4O2/c1-19-15-22(17-29(3)26(19)32)25-27-23(18-30(25)16-21-7-5-4-6-8-21)24(31)10-9-20-11-13-28(2)14-12-20/h4-8,15,17-18,20H,9-14,16H2,1-3H3. The van der Waals surface area contributed by atoms with Crippen molar-refractivity contribution in [1.82, 2.24) is 19.0 Å². The lowest BCUT2D eigenvalue weighted by Gasteiger charge is -2.28. The first kappa shape index (κ1) is 22.2. The summed E-state index contributed by atoms with van der Waals surface area (Å²) in [5.41, 5.74) is 3.13. The van der Waals surface area contributed by atoms with Gasteiger partial charge in [-0.25, -0.2) is 4.98 Å². The number of piperidine rings is 1. The monoisotopic (exact) mass is 432 g/mol. The summed E-state index contributed by atoms with van der Waals surface area (Å²) >= 11 is 0. The maximum absolute atomic E-state index is 13.0. The third-order valence-corrected chi connectivity index (χ3v) is 6.50. The fourth-order valence-corrected chi connectivity index (χ4v) is 4.50. The van der Waals surface area contributed by atoms with Gasteiger partial charge in [-0.15, -0.1) is 0 Å². The highest BCUT2D eigenvalue weighted by atomic mass is 16.1. The number of carbonyl (C=O) groups excluding carboxylic acids is 1. The van der Waals surface area contributed by atoms with Gasteiger partial charge < -0.3 is 14.0 Å². The number of likely N-dealkylation sites (tertiary alicyclic amines) is 1. The van der Waals surface area contributed by atoms with Crippen molar-refractivity contribution in [2.24, 2.45) is 13.0 Å². The van der Waals surface area contributed by atoms with Crippen LogP contribution in [0, 0.1) is 12.8 Å². The van der Waals surface area contributed by atoms with Crippen molar-refractivity contribution in [3.8, 4) is 11.4 Å². The van der Waals surface area contributed by atoms with Gasteiger partial charge in [-0.1, -0.05) is 30.3 Å². The number of aromatic nitrogens is 3. The second-order valence-corrected chi connectivity index (χ2v) is 9.10. The highest BCUT2D eigenvalue weighted by Crippen LogP contribution is 2.24. The summed E-state index contributed by atoms with van der Waals surface area (Å²) in [5.74, 6) is 1.43. The number of nitrogens with zero attached hydrogens (tertiary/aromatic N) is 4. The number of Topliss-reactive ketones (excluding diaryl/α,β-unsaturated/α-hetero) is 1. The molecule has 6 heteroatoms. The van der Waals surface area contributed by atoms with E-state index >= 15 is 0 Å². The molecule has 0 radical (unpaired) electrons. The third kappa shape index (κ3) is 5.07. The molecule has 3 heterocycles. The quantitative estimate of drug-likeness (QED) is 0.531. The summed E-state index contributed by atoms with van der Waals surface area (Å²) < 4.78 is 3.60. The van der Waals surface area contributed by atoms with Gasteiger partial charge in [-0.3, -0.25) is 9.59 Å². The van der Waals surface area contributed by atoms with E-state index in [2.05, 4.69) is 24.1 Å². The van der Waals surface area contributed by atoms with Crippen LogP contribution in [0.2, 0.25) is 0 Å². The van der Waals surface area contributed by atoms with Crippen LogP contribution in [0.3, 0.4) is 0 Å². The summed E-state index contributed by atoms with van der Waals surface area (Å²) in [6.07, 6.45) is 7.45. The number of pyridine rings is 1. The minimum Gasteiger partial charge on any atom is -0.326 e. The van der Waals surface area contributed by atoms with Gasteiger partial charge in [-0.2, -0.15) is 0 Å². The van der Waals surface area contributed by atoms with Gasteiger partial charge in [0.1, 0.15) is 11.5 Å². The Morgan fingerprint density at radius 3 is 2.50 bits per heavy atom. The van der Waals surface area contributed by atoms with Crippen molar-refractivity contribution in [3.63, 3.8) is 0 Å². The number of aryl methyl sites for hydroxylation is 2. The van der Waals surface area contributed by atoms with E-state index < -0.39 is 0 Å². The molecule has 1 aliphatic heterocycles. The van der Waals surface area contributed by atoms with E-state index in [4.69, 9.17) is 4.98 Å². The van der Waals surface area contributed by atoms with Gasteiger partial charge in [0.15, 0.2) is 5.78 Å². The van der Waals surface area contributed by atoms with Gasteiger partial charge in [0.25, 0.3) is 5.56 Å². The molecule has 0 unspecified atom stereocenters. The second-order valence-electron chi connectivity index (χ2n) is 9.10. The Labute approximate surface area is 189 Å². The lowest BCUT2D eigenvalue weighted by molar-refractivity contribution is 0.0961. The van der Waals surface area contributed by atoms with Crippen LogP contribution in [0.25, 0.3) is 11.4 Å². The third-order valence-electron chi connectivity index (χ3n) is 6.50. The van der Waals surface area contributed by atoms with Crippen molar-refractivity contribution in [2.45, 2.75) is 39.2 Å². The van der Waals surface area contributed by atoms with Crippen molar-refractivity contribution < 1.29 is 4.79 Å². The van der Waals surface area contributed by atoms with Crippen LogP contribution < -0.4 is 5.56 Å². The van der Waals surface area contributed by atoms with Crippen LogP contribution in [0.4, 0.5) is 0 Å². The number of ketones is 1. The number of hydrogen-bond acceptors (Lipinski definition) is 4. The summed E-state index contributed by atoms with van der Waals surface area (Å²) in [6, 6.07) is 12.0. The lowest BCUT2D eigenvalue weighted by atomic mass is 9.91. The van der Waals surface area contributed by atoms with E-state index in [0.717, 1.165) is 49.3 Å². The van der Waals surface area contributed by atoms with E-state index in [9.17, 15) is 9.59 Å². The van der Waals surface area contributed by atoms with Crippen LogP contribution in [-0.2, 0) is 13.6 Å². The highest BCUT2D eigenvalue weighted by Gasteiger charge is 2.21. The molecule has 6 nitrogen and oxygen atoms in total. The summed E-state index contributed by atoms with van der Waals surface area (Å²) in [4.78, 5) is 32.3. The average molecular weight is 433 g/mol. The molecule has 3 aromatic rings. The molecule has 0 saturated carbocycles. The highest BCUT2D eigenvalue weighted by molar-refractivity contribution is 5.94. The topological polar surface area (TPSA) is 60.1 Å². The second kappa shape index (κ2) is 9.65. The van der Waals surface area contributed by atoms with Crippen LogP contribution in [-0.4, -0.2) is 44.9 Å². The summed E-state index contributed by atoms with van der Waals surface area (Å²) in [7, 11) is 3.90. The lowest BCUT2D eigenvalue weighted by Crippen LogP contribution is -2.30. The number of imidazole rings is 1. The number of carbonyl (C=O) groups is 1. The molecule has 2 aromatic heterocycles. The maximum Gasteiger partial charge on any atom is 0.253 e. The zero-order chi connectivity index (χ0) is 22.7. The SMILES string of the molecule is Cc1cc(-c2nc(C(=O)CCC3CCN(C)CC3)cn2Cc2ccccc2)cn(C)c1=O. The average Bonchev–Trinajstić information content (AvgIpc) is 3.21. The molecule has 0 atom stereocenters. The Morgan fingerprint density at radius 2 is 1.81 bits per heavy atom. The molecule has 1 aromatic carbocycles. The van der Waals surface area contributed by atoms with E-state index in [-0.39, 0.29) is 11.3 Å². The molecule has 1 fully saturated rings. The van der Waals surface area contributed by atoms with E-state index in [1.807, 2.05) is 42.0 Å². The molecule has 4 rings (SSSR count). The van der Waals surface area contributed by atoms with Crippen LogP contribution in [0.15, 0.2) is 53.6 Å². The van der Waals surface area contributed by atoms with Crippen LogP contribution in [0.1, 0.15) is 47.3 Å². The first-order valence-corrected chi connectivity index (χ1v) is 11.4. The van der Waals surface area contributed by atoms with Crippen molar-refractivity contribution >= 4 is 5.78 Å². The number of benzene rings is 1. The Balaban J connectivity index is 1.60. The van der Waals surface area contributed by atoms with Crippen molar-refractivity contribution in [1.29, 1.82) is 0 Å². The van der Waals surface area contributed by atoms with Gasteiger partial charge in [0.2, 0.25) is 0 Å². The van der Waals surface area contributed by atoms with Crippen LogP contribution >= 0.6 is 0 Å². The molecule has 0 aliphatic carbocycles. The molecule has 1 aliphatic rings. The first-order valence-electron chi connectivity index (χ1n) is 11.4. The van der Waals surface area contributed by atoms with Gasteiger partial charge in [0, 0.05) is 43.5 Å². The first-order chi connectivity index (χ1) is 15.4. The molecule has 0 amide bonds. The Hall–Kier alpha value is -2.99. The summed E-state index contributed by atoms with van der Waals surface area (Å²) in [5, 5.41) is 0. The Morgan fingerprint density at radius 1 is 1.09 bits per heavy atom. The minimum absolute atomic E-state index is 0.0238. The fourth-order valence-electron chi connectivity index (χ4n) is 4.50. The van der Waals surface area contributed by atoms with E-state index in [0.29, 0.717) is 30.1 Å². The number of hydrogen-bond donors (Lipinski definition) is 0. The van der Waals surface area contributed by atoms with Gasteiger partial charge in [-0.05, 0) is 63.9 Å². The molecule has 0 bridgehead atoms. The normalized spacial score (nSPS) is 15.2. The fraction of sp³-hybridized carbons (Fsp3) is 0.423. The molecule has 168 valence electrons. The van der Waals surface area contributed by atoms with Gasteiger partial charge in [0.05, 0.1) is 0 Å². The number of rotatable bonds is 7. The molecule has 0 spiro atoms. The smallest absolute Gasteiger partial charge is 0.253 e. The zero-order valence-corrected chi connectivity index (χ0v) is 19.3. The summed E-state index contributed by atoms with van der Waals surface area (Å²) in [6.45, 7) is 4.65. The van der Waals surface area contributed by atoms with E-state index in [1.165, 1.54) is 0 Å². The molecular weight excluding hydrogens is 400 g/mol. The van der Waals surface area contributed by atoms with Crippen molar-refractivity contribution in [3.05, 3.63) is 76.0 Å². The zero-order valence-electron chi connectivity index (χ0n) is 19.3. The van der Waals surface area contributed by atoms with Gasteiger partial charge >= 0.3 is 0 Å². The van der Waals surface area contributed by atoms with E-state index in [1.54, 1.807) is 17.8 Å². The molecule has 1 saturated heterocycles. The predicted molar refractivity (Wildman–Crippen MR) is 127 cm³/mol. The Kier molecular flexibility index (Phi) is 6.70. The molecule has 32 heavy (non-hydrogen) atoms. The minimum atomic E-state index is -0.0238. The van der Waals surface area contributed by atoms with Crippen LogP contribution in [0.5, 0.6) is 0 Å². The largest absolute Gasteiger partial charge is 0.326 e. The van der Waals surface area contributed by atoms with Crippen molar-refractivity contribution in [2.75, 3.05) is 20.1 Å². The molecular formula is C26H32N4O2. The molecule has 0 N–H and O–H groups in total. The predicted octanol–water partition coefficient (Wildman–Crippen LogP) is 3.91. The Bertz CT molecular complexity index is 1110.